The third-order valence-corrected chi connectivity index (χ3v) is 2.71. The predicted molar refractivity (Wildman–Crippen MR) is 79.0 cm³/mol. The number of nitrogens with zero attached hydrogens (tertiary/aromatic N) is 1. The average molecular weight is 322 g/mol. The molecule has 0 aliphatic carbocycles. The van der Waals surface area contributed by atoms with Gasteiger partial charge in [0.25, 0.3) is 0 Å². The summed E-state index contributed by atoms with van der Waals surface area (Å²) in [6.45, 7) is -1.35. The lowest BCUT2D eigenvalue weighted by atomic mass is 10.1. The first kappa shape index (κ1) is 18.2. The molecule has 1 amide bonds. The highest BCUT2D eigenvalue weighted by Gasteiger charge is 2.12. The molecular formula is C16H16F2N2O3. The molecule has 122 valence electrons. The van der Waals surface area contributed by atoms with E-state index < -0.39 is 6.61 Å². The topological polar surface area (TPSA) is 71.3 Å². The number of nitriles is 1. The summed E-state index contributed by atoms with van der Waals surface area (Å²) in [6.07, 6.45) is 0.462. The zero-order valence-corrected chi connectivity index (χ0v) is 12.6. The molecule has 0 aliphatic heterocycles. The highest BCUT2D eigenvalue weighted by Crippen LogP contribution is 2.30. The van der Waals surface area contributed by atoms with Gasteiger partial charge in [-0.05, 0) is 31.0 Å². The van der Waals surface area contributed by atoms with Gasteiger partial charge >= 0.3 is 6.61 Å². The van der Waals surface area contributed by atoms with Crippen molar-refractivity contribution in [2.24, 2.45) is 0 Å². The number of hydrogen-bond donors (Lipinski definition) is 1. The van der Waals surface area contributed by atoms with Gasteiger partial charge in [-0.2, -0.15) is 14.0 Å². The Morgan fingerprint density at radius 3 is 2.83 bits per heavy atom. The van der Waals surface area contributed by atoms with Crippen LogP contribution < -0.4 is 14.8 Å². The number of carbonyl (C=O) groups is 1. The molecule has 0 saturated heterocycles. The van der Waals surface area contributed by atoms with Gasteiger partial charge in [-0.3, -0.25) is 4.79 Å². The molecule has 0 radical (unpaired) electrons. The van der Waals surface area contributed by atoms with Gasteiger partial charge in [-0.15, -0.1) is 5.92 Å². The minimum absolute atomic E-state index is 0.0615. The zero-order chi connectivity index (χ0) is 17.1. The number of nitrogens with one attached hydrogen (secondary N) is 1. The first-order chi connectivity index (χ1) is 11.1. The maximum atomic E-state index is 12.5. The summed E-state index contributed by atoms with van der Waals surface area (Å²) in [7, 11) is 0. The van der Waals surface area contributed by atoms with Crippen molar-refractivity contribution in [1.29, 1.82) is 5.26 Å². The van der Waals surface area contributed by atoms with E-state index in [1.807, 2.05) is 0 Å². The quantitative estimate of drug-likeness (QED) is 0.589. The molecule has 5 nitrogen and oxygen atoms in total. The highest BCUT2D eigenvalue weighted by atomic mass is 19.3. The Kier molecular flexibility index (Phi) is 7.95. The number of alkyl halides is 2. The Bertz CT molecular complexity index is 630. The maximum absolute atomic E-state index is 12.5. The van der Waals surface area contributed by atoms with E-state index in [2.05, 4.69) is 21.9 Å². The minimum atomic E-state index is -2.98. The maximum Gasteiger partial charge on any atom is 0.387 e. The lowest BCUT2D eigenvalue weighted by Crippen LogP contribution is -2.23. The number of hydrogen-bond acceptors (Lipinski definition) is 4. The molecule has 23 heavy (non-hydrogen) atoms. The van der Waals surface area contributed by atoms with Gasteiger partial charge < -0.3 is 14.8 Å². The second-order valence-corrected chi connectivity index (χ2v) is 4.31. The van der Waals surface area contributed by atoms with Crippen LogP contribution in [0.25, 0.3) is 0 Å². The zero-order valence-electron chi connectivity index (χ0n) is 12.6. The van der Waals surface area contributed by atoms with E-state index in [-0.39, 0.29) is 37.0 Å². The third-order valence-electron chi connectivity index (χ3n) is 2.71. The largest absolute Gasteiger partial charge is 0.477 e. The smallest absolute Gasteiger partial charge is 0.387 e. The predicted octanol–water partition coefficient (Wildman–Crippen LogP) is 2.26. The summed E-state index contributed by atoms with van der Waals surface area (Å²) in [5.41, 5.74) is 0.640. The van der Waals surface area contributed by atoms with E-state index in [1.165, 1.54) is 12.1 Å². The summed E-state index contributed by atoms with van der Waals surface area (Å²) in [5.74, 6) is 5.05. The van der Waals surface area contributed by atoms with Gasteiger partial charge in [0.2, 0.25) is 5.91 Å². The van der Waals surface area contributed by atoms with E-state index in [4.69, 9.17) is 10.00 Å². The molecule has 1 N–H and O–H groups in total. The highest BCUT2D eigenvalue weighted by molar-refractivity contribution is 5.76. The van der Waals surface area contributed by atoms with Crippen molar-refractivity contribution < 1.29 is 23.0 Å². The molecule has 0 saturated carbocycles. The van der Waals surface area contributed by atoms with E-state index in [0.717, 1.165) is 0 Å². The molecule has 1 rings (SSSR count). The van der Waals surface area contributed by atoms with Gasteiger partial charge in [0, 0.05) is 6.42 Å². The van der Waals surface area contributed by atoms with Crippen molar-refractivity contribution in [3.63, 3.8) is 0 Å². The van der Waals surface area contributed by atoms with Gasteiger partial charge in [-0.1, -0.05) is 12.0 Å². The average Bonchev–Trinajstić information content (AvgIpc) is 2.52. The first-order valence-corrected chi connectivity index (χ1v) is 6.80. The van der Waals surface area contributed by atoms with Crippen LogP contribution in [-0.4, -0.2) is 25.7 Å². The lowest BCUT2D eigenvalue weighted by molar-refractivity contribution is -0.120. The van der Waals surface area contributed by atoms with Gasteiger partial charge in [0.1, 0.15) is 13.2 Å². The van der Waals surface area contributed by atoms with Crippen molar-refractivity contribution >= 4 is 5.91 Å². The van der Waals surface area contributed by atoms with E-state index in [1.54, 1.807) is 19.1 Å². The fourth-order valence-electron chi connectivity index (χ4n) is 1.69. The Balaban J connectivity index is 2.75. The Morgan fingerprint density at radius 1 is 1.39 bits per heavy atom. The summed E-state index contributed by atoms with van der Waals surface area (Å²) in [5, 5.41) is 10.8. The molecule has 0 bridgehead atoms. The molecule has 0 aromatic heterocycles. The molecule has 0 fully saturated rings. The Morgan fingerprint density at radius 2 is 2.17 bits per heavy atom. The first-order valence-electron chi connectivity index (χ1n) is 6.80. The van der Waals surface area contributed by atoms with Crippen molar-refractivity contribution in [3.05, 3.63) is 23.8 Å². The van der Waals surface area contributed by atoms with Crippen LogP contribution in [0.15, 0.2) is 18.2 Å². The summed E-state index contributed by atoms with van der Waals surface area (Å²) < 4.78 is 34.7. The van der Waals surface area contributed by atoms with Crippen LogP contribution in [0.4, 0.5) is 8.78 Å². The van der Waals surface area contributed by atoms with Gasteiger partial charge in [0.15, 0.2) is 11.5 Å². The number of carbonyl (C=O) groups excluding carboxylic acids is 1. The summed E-state index contributed by atoms with van der Waals surface area (Å²) >= 11 is 0. The molecule has 0 aliphatic rings. The van der Waals surface area contributed by atoms with Crippen molar-refractivity contribution in [2.75, 3.05) is 13.2 Å². The molecule has 0 unspecified atom stereocenters. The van der Waals surface area contributed by atoms with Crippen molar-refractivity contribution in [2.45, 2.75) is 26.4 Å². The second kappa shape index (κ2) is 10.0. The van der Waals surface area contributed by atoms with E-state index >= 15 is 0 Å². The SMILES string of the molecule is CC#CCOc1ccc(CCC(=O)NCC#N)cc1OC(F)F. The Hall–Kier alpha value is -2.80. The van der Waals surface area contributed by atoms with Gasteiger partial charge in [-0.25, -0.2) is 0 Å². The number of aryl methyl sites for hydroxylation is 1. The van der Waals surface area contributed by atoms with Crippen LogP contribution in [0.2, 0.25) is 0 Å². The number of amides is 1. The number of halogens is 2. The Labute approximate surface area is 133 Å². The van der Waals surface area contributed by atoms with E-state index in [0.29, 0.717) is 12.0 Å². The van der Waals surface area contributed by atoms with Crippen LogP contribution in [0, 0.1) is 23.2 Å². The van der Waals surface area contributed by atoms with Crippen LogP contribution in [-0.2, 0) is 11.2 Å². The number of ether oxygens (including phenoxy) is 2. The third kappa shape index (κ3) is 7.14. The van der Waals surface area contributed by atoms with Crippen molar-refractivity contribution in [1.82, 2.24) is 5.32 Å². The van der Waals surface area contributed by atoms with Gasteiger partial charge in [0.05, 0.1) is 6.07 Å². The lowest BCUT2D eigenvalue weighted by Gasteiger charge is -2.12. The molecule has 0 atom stereocenters. The van der Waals surface area contributed by atoms with Crippen LogP contribution in [0.3, 0.4) is 0 Å². The molecule has 0 spiro atoms. The number of benzene rings is 1. The molecule has 1 aromatic rings. The van der Waals surface area contributed by atoms with Crippen LogP contribution in [0.1, 0.15) is 18.9 Å². The summed E-state index contributed by atoms with van der Waals surface area (Å²) in [4.78, 5) is 11.4. The monoisotopic (exact) mass is 322 g/mol. The summed E-state index contributed by atoms with van der Waals surface area (Å²) in [6, 6.07) is 6.35. The van der Waals surface area contributed by atoms with Crippen LogP contribution >= 0.6 is 0 Å². The molecule has 0 heterocycles. The fraction of sp³-hybridized carbons (Fsp3) is 0.375. The second-order valence-electron chi connectivity index (χ2n) is 4.31. The van der Waals surface area contributed by atoms with Crippen molar-refractivity contribution in [3.8, 4) is 29.4 Å². The minimum Gasteiger partial charge on any atom is -0.477 e. The number of rotatable bonds is 8. The standard InChI is InChI=1S/C16H16F2N2O3/c1-2-3-10-22-13-6-4-12(11-14(13)23-16(17)18)5-7-15(21)20-9-8-19/h4,6,11,16H,5,7,9-10H2,1H3,(H,20,21). The molecule has 7 heteroatoms. The van der Waals surface area contributed by atoms with E-state index in [9.17, 15) is 13.6 Å². The fourth-order valence-corrected chi connectivity index (χ4v) is 1.69. The van der Waals surface area contributed by atoms with Crippen LogP contribution in [0.5, 0.6) is 11.5 Å². The molecular weight excluding hydrogens is 306 g/mol. The molecule has 1 aromatic carbocycles. The normalized spacial score (nSPS) is 9.52.